The van der Waals surface area contributed by atoms with Crippen molar-refractivity contribution in [2.75, 3.05) is 5.32 Å². The highest BCUT2D eigenvalue weighted by molar-refractivity contribution is 7.20. The van der Waals surface area contributed by atoms with Gasteiger partial charge in [-0.25, -0.2) is 4.98 Å². The fourth-order valence-corrected chi connectivity index (χ4v) is 3.62. The number of amides is 2. The van der Waals surface area contributed by atoms with E-state index in [1.807, 2.05) is 22.9 Å². The molecule has 0 spiro atoms. The second-order valence-electron chi connectivity index (χ2n) is 4.79. The highest BCUT2D eigenvalue weighted by Crippen LogP contribution is 2.27. The molecule has 116 valence electrons. The highest BCUT2D eigenvalue weighted by atomic mass is 32.1. The zero-order valence-electron chi connectivity index (χ0n) is 12.0. The number of benzene rings is 1. The van der Waals surface area contributed by atoms with Crippen LogP contribution in [-0.2, 0) is 11.2 Å². The van der Waals surface area contributed by atoms with Crippen LogP contribution in [0.3, 0.4) is 0 Å². The van der Waals surface area contributed by atoms with Gasteiger partial charge in [-0.3, -0.25) is 9.59 Å². The summed E-state index contributed by atoms with van der Waals surface area (Å²) in [6.07, 6.45) is 0.208. The van der Waals surface area contributed by atoms with E-state index in [0.717, 1.165) is 15.6 Å². The van der Waals surface area contributed by atoms with Crippen molar-refractivity contribution in [1.29, 1.82) is 0 Å². The Labute approximate surface area is 140 Å². The van der Waals surface area contributed by atoms with Gasteiger partial charge in [0.25, 0.3) is 0 Å². The first-order valence-electron chi connectivity index (χ1n) is 6.80. The number of thiazole rings is 1. The third-order valence-electron chi connectivity index (χ3n) is 3.08. The molecule has 0 aliphatic carbocycles. The first kappa shape index (κ1) is 15.4. The van der Waals surface area contributed by atoms with Gasteiger partial charge in [-0.1, -0.05) is 6.07 Å². The summed E-state index contributed by atoms with van der Waals surface area (Å²) in [4.78, 5) is 28.6. The maximum absolute atomic E-state index is 12.1. The standard InChI is InChI=1S/C16H13N3O2S2/c17-15(21)10-3-5-11(6-4-10)18-14(20)8-12-9-23-16(19-12)13-2-1-7-22-13/h1-7,9H,8H2,(H2,17,21)(H,18,20). The van der Waals surface area contributed by atoms with Crippen molar-refractivity contribution < 1.29 is 9.59 Å². The van der Waals surface area contributed by atoms with Gasteiger partial charge in [0.1, 0.15) is 5.01 Å². The first-order chi connectivity index (χ1) is 11.1. The molecule has 0 aliphatic rings. The molecule has 0 saturated carbocycles. The molecule has 0 atom stereocenters. The quantitative estimate of drug-likeness (QED) is 0.746. The maximum atomic E-state index is 12.1. The van der Waals surface area contributed by atoms with E-state index >= 15 is 0 Å². The lowest BCUT2D eigenvalue weighted by Crippen LogP contribution is -2.15. The number of nitrogens with two attached hydrogens (primary N) is 1. The van der Waals surface area contributed by atoms with Gasteiger partial charge >= 0.3 is 0 Å². The van der Waals surface area contributed by atoms with Crippen LogP contribution in [0.1, 0.15) is 16.1 Å². The van der Waals surface area contributed by atoms with Crippen molar-refractivity contribution in [2.24, 2.45) is 5.73 Å². The minimum Gasteiger partial charge on any atom is -0.366 e. The summed E-state index contributed by atoms with van der Waals surface area (Å²) in [5.41, 5.74) is 6.94. The minimum absolute atomic E-state index is 0.153. The van der Waals surface area contributed by atoms with E-state index in [2.05, 4.69) is 10.3 Å². The first-order valence-corrected chi connectivity index (χ1v) is 8.56. The van der Waals surface area contributed by atoms with E-state index in [1.54, 1.807) is 35.6 Å². The molecule has 3 N–H and O–H groups in total. The summed E-state index contributed by atoms with van der Waals surface area (Å²) in [7, 11) is 0. The molecule has 0 radical (unpaired) electrons. The minimum atomic E-state index is -0.494. The number of carbonyl (C=O) groups is 2. The fourth-order valence-electron chi connectivity index (χ4n) is 1.99. The molecule has 3 rings (SSSR count). The predicted octanol–water partition coefficient (Wildman–Crippen LogP) is 3.15. The van der Waals surface area contributed by atoms with E-state index in [4.69, 9.17) is 5.73 Å². The van der Waals surface area contributed by atoms with E-state index in [0.29, 0.717) is 11.3 Å². The van der Waals surface area contributed by atoms with Crippen LogP contribution in [0.5, 0.6) is 0 Å². The zero-order valence-corrected chi connectivity index (χ0v) is 13.6. The molecule has 2 amide bonds. The van der Waals surface area contributed by atoms with Crippen molar-refractivity contribution in [3.63, 3.8) is 0 Å². The Morgan fingerprint density at radius 1 is 1.13 bits per heavy atom. The van der Waals surface area contributed by atoms with Crippen LogP contribution >= 0.6 is 22.7 Å². The Morgan fingerprint density at radius 3 is 2.57 bits per heavy atom. The monoisotopic (exact) mass is 343 g/mol. The van der Waals surface area contributed by atoms with E-state index in [-0.39, 0.29) is 12.3 Å². The van der Waals surface area contributed by atoms with Crippen molar-refractivity contribution in [3.05, 3.63) is 58.4 Å². The summed E-state index contributed by atoms with van der Waals surface area (Å²) >= 11 is 3.15. The SMILES string of the molecule is NC(=O)c1ccc(NC(=O)Cc2csc(-c3cccs3)n2)cc1. The third kappa shape index (κ3) is 3.82. The summed E-state index contributed by atoms with van der Waals surface area (Å²) < 4.78 is 0. The Hall–Kier alpha value is -2.51. The number of hydrogen-bond donors (Lipinski definition) is 2. The van der Waals surface area contributed by atoms with Gasteiger partial charge in [-0.05, 0) is 35.7 Å². The van der Waals surface area contributed by atoms with Gasteiger partial charge in [0.2, 0.25) is 11.8 Å². The van der Waals surface area contributed by atoms with E-state index in [1.165, 1.54) is 11.3 Å². The van der Waals surface area contributed by atoms with Gasteiger partial charge in [0.15, 0.2) is 0 Å². The number of carbonyl (C=O) groups excluding carboxylic acids is 2. The molecular formula is C16H13N3O2S2. The molecule has 2 heterocycles. The lowest BCUT2D eigenvalue weighted by Gasteiger charge is -2.04. The van der Waals surface area contributed by atoms with E-state index in [9.17, 15) is 9.59 Å². The van der Waals surface area contributed by atoms with Crippen LogP contribution in [0.2, 0.25) is 0 Å². The van der Waals surface area contributed by atoms with Crippen LogP contribution in [0.25, 0.3) is 9.88 Å². The number of hydrogen-bond acceptors (Lipinski definition) is 5. The smallest absolute Gasteiger partial charge is 0.248 e. The average Bonchev–Trinajstić information content (AvgIpc) is 3.18. The molecule has 0 bridgehead atoms. The number of rotatable bonds is 5. The Morgan fingerprint density at radius 2 is 1.91 bits per heavy atom. The number of nitrogens with zero attached hydrogens (tertiary/aromatic N) is 1. The molecule has 0 unspecified atom stereocenters. The van der Waals surface area contributed by atoms with Crippen molar-refractivity contribution >= 4 is 40.2 Å². The lowest BCUT2D eigenvalue weighted by molar-refractivity contribution is -0.115. The second kappa shape index (κ2) is 6.72. The Bertz CT molecular complexity index is 823. The molecule has 23 heavy (non-hydrogen) atoms. The lowest BCUT2D eigenvalue weighted by atomic mass is 10.2. The van der Waals surface area contributed by atoms with Crippen LogP contribution in [0.15, 0.2) is 47.2 Å². The Kier molecular flexibility index (Phi) is 4.50. The van der Waals surface area contributed by atoms with Gasteiger partial charge < -0.3 is 11.1 Å². The molecule has 0 fully saturated rings. The number of nitrogens with one attached hydrogen (secondary N) is 1. The average molecular weight is 343 g/mol. The predicted molar refractivity (Wildman–Crippen MR) is 92.7 cm³/mol. The van der Waals surface area contributed by atoms with Crippen LogP contribution in [0, 0.1) is 0 Å². The van der Waals surface area contributed by atoms with Gasteiger partial charge in [0, 0.05) is 16.6 Å². The molecule has 0 saturated heterocycles. The maximum Gasteiger partial charge on any atom is 0.248 e. The molecule has 3 aromatic rings. The highest BCUT2D eigenvalue weighted by Gasteiger charge is 2.10. The Balaban J connectivity index is 1.62. The largest absolute Gasteiger partial charge is 0.366 e. The number of aromatic nitrogens is 1. The zero-order chi connectivity index (χ0) is 16.2. The van der Waals surface area contributed by atoms with E-state index < -0.39 is 5.91 Å². The van der Waals surface area contributed by atoms with Crippen molar-refractivity contribution in [3.8, 4) is 9.88 Å². The number of primary amides is 1. The summed E-state index contributed by atoms with van der Waals surface area (Å²) in [6.45, 7) is 0. The van der Waals surface area contributed by atoms with Gasteiger partial charge in [-0.15, -0.1) is 22.7 Å². The third-order valence-corrected chi connectivity index (χ3v) is 5.01. The van der Waals surface area contributed by atoms with Gasteiger partial charge in [-0.2, -0.15) is 0 Å². The van der Waals surface area contributed by atoms with Crippen LogP contribution < -0.4 is 11.1 Å². The van der Waals surface area contributed by atoms with Crippen molar-refractivity contribution in [2.45, 2.75) is 6.42 Å². The normalized spacial score (nSPS) is 10.4. The van der Waals surface area contributed by atoms with Crippen molar-refractivity contribution in [1.82, 2.24) is 4.98 Å². The molecular weight excluding hydrogens is 330 g/mol. The topological polar surface area (TPSA) is 85.1 Å². The van der Waals surface area contributed by atoms with Crippen LogP contribution in [0.4, 0.5) is 5.69 Å². The molecule has 0 aliphatic heterocycles. The number of anilines is 1. The second-order valence-corrected chi connectivity index (χ2v) is 6.59. The summed E-state index contributed by atoms with van der Waals surface area (Å²) in [5, 5.41) is 7.59. The molecule has 7 heteroatoms. The van der Waals surface area contributed by atoms with Crippen LogP contribution in [-0.4, -0.2) is 16.8 Å². The molecule has 2 aromatic heterocycles. The molecule has 5 nitrogen and oxygen atoms in total. The molecule has 1 aromatic carbocycles. The summed E-state index contributed by atoms with van der Waals surface area (Å²) in [6, 6.07) is 10.4. The van der Waals surface area contributed by atoms with Gasteiger partial charge in [0.05, 0.1) is 17.0 Å². The summed E-state index contributed by atoms with van der Waals surface area (Å²) in [5.74, 6) is -0.647. The fraction of sp³-hybridized carbons (Fsp3) is 0.0625. The number of thiophene rings is 1.